The van der Waals surface area contributed by atoms with Gasteiger partial charge in [-0.05, 0) is 30.5 Å². The normalized spacial score (nSPS) is 12.6. The molecule has 0 radical (unpaired) electrons. The number of hydrogen-bond acceptors (Lipinski definition) is 3. The molecule has 0 heterocycles. The van der Waals surface area contributed by atoms with Gasteiger partial charge in [0.25, 0.3) is 0 Å². The number of aliphatic hydroxyl groups excluding tert-OH is 2. The molecule has 1 rings (SSSR count). The van der Waals surface area contributed by atoms with E-state index < -0.39 is 6.10 Å². The van der Waals surface area contributed by atoms with Gasteiger partial charge >= 0.3 is 0 Å². The van der Waals surface area contributed by atoms with E-state index in [1.165, 1.54) is 5.56 Å². The number of aliphatic hydroxyl groups is 2. The molecule has 0 saturated heterocycles. The molecule has 3 nitrogen and oxygen atoms in total. The fourth-order valence-corrected chi connectivity index (χ4v) is 1.76. The lowest BCUT2D eigenvalue weighted by Gasteiger charge is -2.12. The quantitative estimate of drug-likeness (QED) is 0.603. The van der Waals surface area contributed by atoms with Crippen molar-refractivity contribution in [1.29, 1.82) is 0 Å². The zero-order chi connectivity index (χ0) is 12.5. The molecular formula is C14H23NO2. The average molecular weight is 237 g/mol. The summed E-state index contributed by atoms with van der Waals surface area (Å²) in [5.74, 6) is 0. The average Bonchev–Trinajstić information content (AvgIpc) is 2.36. The molecule has 96 valence electrons. The molecule has 0 spiro atoms. The molecule has 0 bridgehead atoms. The molecule has 3 N–H and O–H groups in total. The number of nitrogens with one attached hydrogen (secondary N) is 1. The summed E-state index contributed by atoms with van der Waals surface area (Å²) < 4.78 is 0. The van der Waals surface area contributed by atoms with E-state index in [1.807, 2.05) is 12.1 Å². The van der Waals surface area contributed by atoms with Gasteiger partial charge in [0, 0.05) is 13.2 Å². The zero-order valence-corrected chi connectivity index (χ0v) is 10.5. The summed E-state index contributed by atoms with van der Waals surface area (Å²) in [6, 6.07) is 8.14. The Balaban J connectivity index is 2.37. The first-order valence-electron chi connectivity index (χ1n) is 6.36. The van der Waals surface area contributed by atoms with Crippen LogP contribution in [0.25, 0.3) is 0 Å². The monoisotopic (exact) mass is 237 g/mol. The van der Waals surface area contributed by atoms with Crippen LogP contribution in [-0.4, -0.2) is 29.9 Å². The van der Waals surface area contributed by atoms with Gasteiger partial charge < -0.3 is 15.5 Å². The summed E-state index contributed by atoms with van der Waals surface area (Å²) in [6.07, 6.45) is 2.49. The first kappa shape index (κ1) is 14.2. The third kappa shape index (κ3) is 5.31. The van der Waals surface area contributed by atoms with E-state index in [-0.39, 0.29) is 6.61 Å². The SMILES string of the molecule is CCCc1ccc(C(O)CNCCCO)cc1. The zero-order valence-electron chi connectivity index (χ0n) is 10.5. The summed E-state index contributed by atoms with van der Waals surface area (Å²) in [7, 11) is 0. The Morgan fingerprint density at radius 3 is 2.53 bits per heavy atom. The minimum absolute atomic E-state index is 0.189. The van der Waals surface area contributed by atoms with Crippen LogP contribution in [0.5, 0.6) is 0 Å². The van der Waals surface area contributed by atoms with Crippen LogP contribution in [0.4, 0.5) is 0 Å². The fourth-order valence-electron chi connectivity index (χ4n) is 1.76. The van der Waals surface area contributed by atoms with Gasteiger partial charge in [-0.25, -0.2) is 0 Å². The van der Waals surface area contributed by atoms with Crippen molar-refractivity contribution in [3.8, 4) is 0 Å². The number of hydrogen-bond donors (Lipinski definition) is 3. The molecule has 0 amide bonds. The Morgan fingerprint density at radius 2 is 1.94 bits per heavy atom. The minimum atomic E-state index is -0.468. The lowest BCUT2D eigenvalue weighted by atomic mass is 10.0. The van der Waals surface area contributed by atoms with Crippen molar-refractivity contribution >= 4 is 0 Å². The van der Waals surface area contributed by atoms with E-state index in [0.717, 1.165) is 31.4 Å². The molecule has 0 aliphatic rings. The second-order valence-corrected chi connectivity index (χ2v) is 4.29. The van der Waals surface area contributed by atoms with Crippen molar-refractivity contribution in [1.82, 2.24) is 5.32 Å². The summed E-state index contributed by atoms with van der Waals surface area (Å²) in [4.78, 5) is 0. The second kappa shape index (κ2) is 8.23. The molecule has 1 unspecified atom stereocenters. The van der Waals surface area contributed by atoms with Crippen LogP contribution in [0.1, 0.15) is 37.0 Å². The van der Waals surface area contributed by atoms with Crippen molar-refractivity contribution in [2.75, 3.05) is 19.7 Å². The molecule has 0 saturated carbocycles. The smallest absolute Gasteiger partial charge is 0.0914 e. The molecule has 1 aromatic carbocycles. The highest BCUT2D eigenvalue weighted by molar-refractivity contribution is 5.24. The Hall–Kier alpha value is -0.900. The van der Waals surface area contributed by atoms with Crippen molar-refractivity contribution in [3.63, 3.8) is 0 Å². The Morgan fingerprint density at radius 1 is 1.24 bits per heavy atom. The molecule has 3 heteroatoms. The fraction of sp³-hybridized carbons (Fsp3) is 0.571. The molecule has 0 aromatic heterocycles. The van der Waals surface area contributed by atoms with Gasteiger partial charge in [0.05, 0.1) is 6.10 Å². The third-order valence-corrected chi connectivity index (χ3v) is 2.75. The van der Waals surface area contributed by atoms with Gasteiger partial charge in [0.1, 0.15) is 0 Å². The highest BCUT2D eigenvalue weighted by atomic mass is 16.3. The van der Waals surface area contributed by atoms with Gasteiger partial charge in [0.15, 0.2) is 0 Å². The molecular weight excluding hydrogens is 214 g/mol. The highest BCUT2D eigenvalue weighted by Gasteiger charge is 2.06. The molecule has 0 fully saturated rings. The topological polar surface area (TPSA) is 52.5 Å². The summed E-state index contributed by atoms with van der Waals surface area (Å²) >= 11 is 0. The van der Waals surface area contributed by atoms with E-state index in [4.69, 9.17) is 5.11 Å². The predicted octanol–water partition coefficient (Wildman–Crippen LogP) is 1.64. The number of benzene rings is 1. The van der Waals surface area contributed by atoms with Gasteiger partial charge in [-0.2, -0.15) is 0 Å². The lowest BCUT2D eigenvalue weighted by Crippen LogP contribution is -2.23. The van der Waals surface area contributed by atoms with Gasteiger partial charge in [-0.1, -0.05) is 37.6 Å². The van der Waals surface area contributed by atoms with Gasteiger partial charge in [-0.3, -0.25) is 0 Å². The third-order valence-electron chi connectivity index (χ3n) is 2.75. The maximum absolute atomic E-state index is 9.92. The first-order valence-corrected chi connectivity index (χ1v) is 6.36. The lowest BCUT2D eigenvalue weighted by molar-refractivity contribution is 0.173. The molecule has 1 aromatic rings. The number of aryl methyl sites for hydroxylation is 1. The van der Waals surface area contributed by atoms with Crippen molar-refractivity contribution < 1.29 is 10.2 Å². The van der Waals surface area contributed by atoms with Crippen LogP contribution < -0.4 is 5.32 Å². The molecule has 1 atom stereocenters. The van der Waals surface area contributed by atoms with Crippen LogP contribution in [-0.2, 0) is 6.42 Å². The Bertz CT molecular complexity index is 298. The van der Waals surface area contributed by atoms with E-state index in [9.17, 15) is 5.11 Å². The summed E-state index contributed by atoms with van der Waals surface area (Å²) in [5, 5.41) is 21.7. The van der Waals surface area contributed by atoms with Crippen LogP contribution in [0, 0.1) is 0 Å². The molecule has 0 aliphatic carbocycles. The van der Waals surface area contributed by atoms with E-state index in [2.05, 4.69) is 24.4 Å². The summed E-state index contributed by atoms with van der Waals surface area (Å²) in [5.41, 5.74) is 2.26. The number of rotatable bonds is 8. The molecule has 0 aliphatic heterocycles. The van der Waals surface area contributed by atoms with Crippen molar-refractivity contribution in [2.45, 2.75) is 32.3 Å². The maximum Gasteiger partial charge on any atom is 0.0914 e. The summed E-state index contributed by atoms with van der Waals surface area (Å²) in [6.45, 7) is 3.62. The Kier molecular flexibility index (Phi) is 6.86. The van der Waals surface area contributed by atoms with Gasteiger partial charge in [0.2, 0.25) is 0 Å². The van der Waals surface area contributed by atoms with Crippen molar-refractivity contribution in [2.24, 2.45) is 0 Å². The van der Waals surface area contributed by atoms with E-state index in [1.54, 1.807) is 0 Å². The largest absolute Gasteiger partial charge is 0.396 e. The second-order valence-electron chi connectivity index (χ2n) is 4.29. The predicted molar refractivity (Wildman–Crippen MR) is 70.0 cm³/mol. The Labute approximate surface area is 103 Å². The van der Waals surface area contributed by atoms with Gasteiger partial charge in [-0.15, -0.1) is 0 Å². The van der Waals surface area contributed by atoms with Crippen LogP contribution >= 0.6 is 0 Å². The van der Waals surface area contributed by atoms with Crippen molar-refractivity contribution in [3.05, 3.63) is 35.4 Å². The van der Waals surface area contributed by atoms with E-state index >= 15 is 0 Å². The maximum atomic E-state index is 9.92. The van der Waals surface area contributed by atoms with Crippen LogP contribution in [0.15, 0.2) is 24.3 Å². The van der Waals surface area contributed by atoms with E-state index in [0.29, 0.717) is 6.54 Å². The standard InChI is InChI=1S/C14H23NO2/c1-2-4-12-5-7-13(8-6-12)14(17)11-15-9-3-10-16/h5-8,14-17H,2-4,9-11H2,1H3. The molecule has 17 heavy (non-hydrogen) atoms. The minimum Gasteiger partial charge on any atom is -0.396 e. The first-order chi connectivity index (χ1) is 8.27. The van der Waals surface area contributed by atoms with Crippen LogP contribution in [0.3, 0.4) is 0 Å². The van der Waals surface area contributed by atoms with Crippen LogP contribution in [0.2, 0.25) is 0 Å². The highest BCUT2D eigenvalue weighted by Crippen LogP contribution is 2.13.